The number of rotatable bonds is 3. The summed E-state index contributed by atoms with van der Waals surface area (Å²) in [6.07, 6.45) is 0. The lowest BCUT2D eigenvalue weighted by Crippen LogP contribution is -2.02. The topological polar surface area (TPSA) is 55.2 Å². The standard InChI is InChI=1S/C12H6ClF2IN2O2/c13-7-5-6(16)1-3-9(7)17-12-10(18(19)20)4-2-8(14)11(12)15/h1-5,17H. The molecule has 0 atom stereocenters. The molecule has 2 aromatic rings. The highest BCUT2D eigenvalue weighted by Crippen LogP contribution is 2.34. The van der Waals surface area contributed by atoms with Gasteiger partial charge in [-0.2, -0.15) is 0 Å². The van der Waals surface area contributed by atoms with Gasteiger partial charge in [-0.25, -0.2) is 8.78 Å². The molecule has 0 unspecified atom stereocenters. The summed E-state index contributed by atoms with van der Waals surface area (Å²) in [6, 6.07) is 6.39. The third-order valence-electron chi connectivity index (χ3n) is 2.46. The highest BCUT2D eigenvalue weighted by molar-refractivity contribution is 14.1. The molecule has 2 aromatic carbocycles. The summed E-state index contributed by atoms with van der Waals surface area (Å²) < 4.78 is 27.8. The number of benzene rings is 2. The Balaban J connectivity index is 2.52. The monoisotopic (exact) mass is 410 g/mol. The van der Waals surface area contributed by atoms with Crippen LogP contribution in [0.3, 0.4) is 0 Å². The van der Waals surface area contributed by atoms with Crippen LogP contribution >= 0.6 is 34.2 Å². The van der Waals surface area contributed by atoms with E-state index in [1.54, 1.807) is 12.1 Å². The third kappa shape index (κ3) is 2.98. The van der Waals surface area contributed by atoms with Crippen molar-refractivity contribution in [1.29, 1.82) is 0 Å². The number of nitro benzene ring substituents is 1. The highest BCUT2D eigenvalue weighted by atomic mass is 127. The second-order valence-electron chi connectivity index (χ2n) is 3.76. The second-order valence-corrected chi connectivity index (χ2v) is 5.41. The first-order valence-electron chi connectivity index (χ1n) is 5.24. The van der Waals surface area contributed by atoms with Crippen molar-refractivity contribution in [2.75, 3.05) is 5.32 Å². The van der Waals surface area contributed by atoms with E-state index in [-0.39, 0.29) is 10.7 Å². The predicted molar refractivity (Wildman–Crippen MR) is 80.5 cm³/mol. The summed E-state index contributed by atoms with van der Waals surface area (Å²) in [5.41, 5.74) is -0.878. The van der Waals surface area contributed by atoms with Gasteiger partial charge in [0, 0.05) is 9.64 Å². The highest BCUT2D eigenvalue weighted by Gasteiger charge is 2.22. The number of halogens is 4. The zero-order valence-corrected chi connectivity index (χ0v) is 12.6. The number of nitrogens with zero attached hydrogens (tertiary/aromatic N) is 1. The Morgan fingerprint density at radius 3 is 2.55 bits per heavy atom. The van der Waals surface area contributed by atoms with Crippen molar-refractivity contribution in [3.05, 3.63) is 60.7 Å². The SMILES string of the molecule is O=[N+]([O-])c1ccc(F)c(F)c1Nc1ccc(I)cc1Cl. The number of anilines is 2. The van der Waals surface area contributed by atoms with E-state index in [1.165, 1.54) is 6.07 Å². The molecule has 0 aliphatic rings. The van der Waals surface area contributed by atoms with Gasteiger partial charge in [-0.1, -0.05) is 11.6 Å². The molecule has 0 radical (unpaired) electrons. The van der Waals surface area contributed by atoms with Gasteiger partial charge in [0.05, 0.1) is 15.6 Å². The van der Waals surface area contributed by atoms with Crippen molar-refractivity contribution in [2.45, 2.75) is 0 Å². The largest absolute Gasteiger partial charge is 0.346 e. The third-order valence-corrected chi connectivity index (χ3v) is 3.44. The Hall–Kier alpha value is -1.48. The molecule has 0 saturated carbocycles. The lowest BCUT2D eigenvalue weighted by atomic mass is 10.2. The van der Waals surface area contributed by atoms with Gasteiger partial charge < -0.3 is 5.32 Å². The van der Waals surface area contributed by atoms with Crippen LogP contribution in [-0.4, -0.2) is 4.92 Å². The smallest absolute Gasteiger partial charge is 0.295 e. The fraction of sp³-hybridized carbons (Fsp3) is 0. The summed E-state index contributed by atoms with van der Waals surface area (Å²) in [5, 5.41) is 13.6. The molecule has 8 heteroatoms. The van der Waals surface area contributed by atoms with E-state index in [0.717, 1.165) is 9.64 Å². The molecule has 0 aliphatic carbocycles. The van der Waals surface area contributed by atoms with Crippen molar-refractivity contribution in [3.63, 3.8) is 0 Å². The van der Waals surface area contributed by atoms with Crippen LogP contribution in [0.2, 0.25) is 5.02 Å². The first-order chi connectivity index (χ1) is 9.40. The second kappa shape index (κ2) is 5.88. The fourth-order valence-electron chi connectivity index (χ4n) is 1.54. The molecule has 0 fully saturated rings. The van der Waals surface area contributed by atoms with Gasteiger partial charge in [-0.3, -0.25) is 10.1 Å². The maximum Gasteiger partial charge on any atom is 0.295 e. The molecule has 0 amide bonds. The van der Waals surface area contributed by atoms with Crippen LogP contribution in [0.1, 0.15) is 0 Å². The summed E-state index contributed by atoms with van der Waals surface area (Å²) in [7, 11) is 0. The van der Waals surface area contributed by atoms with Crippen molar-refractivity contribution < 1.29 is 13.7 Å². The number of hydrogen-bond acceptors (Lipinski definition) is 3. The lowest BCUT2D eigenvalue weighted by molar-refractivity contribution is -0.384. The molecular formula is C12H6ClF2IN2O2. The minimum atomic E-state index is -1.33. The normalized spacial score (nSPS) is 10.4. The maximum atomic E-state index is 13.7. The Kier molecular flexibility index (Phi) is 4.39. The minimum absolute atomic E-state index is 0.245. The van der Waals surface area contributed by atoms with Crippen LogP contribution in [0, 0.1) is 25.3 Å². The molecule has 4 nitrogen and oxygen atoms in total. The van der Waals surface area contributed by atoms with Crippen LogP contribution in [0.15, 0.2) is 30.3 Å². The minimum Gasteiger partial charge on any atom is -0.346 e. The van der Waals surface area contributed by atoms with Gasteiger partial charge in [-0.05, 0) is 46.9 Å². The Bertz CT molecular complexity index is 697. The van der Waals surface area contributed by atoms with Crippen molar-refractivity contribution in [3.8, 4) is 0 Å². The van der Waals surface area contributed by atoms with Crippen molar-refractivity contribution >= 4 is 51.3 Å². The van der Waals surface area contributed by atoms with E-state index >= 15 is 0 Å². The molecule has 0 aromatic heterocycles. The van der Waals surface area contributed by atoms with Crippen LogP contribution in [-0.2, 0) is 0 Å². The molecule has 0 bridgehead atoms. The van der Waals surface area contributed by atoms with Crippen molar-refractivity contribution in [2.24, 2.45) is 0 Å². The van der Waals surface area contributed by atoms with Gasteiger partial charge in [0.25, 0.3) is 5.69 Å². The number of nitro groups is 1. The van der Waals surface area contributed by atoms with Crippen LogP contribution < -0.4 is 5.32 Å². The molecule has 0 aliphatic heterocycles. The predicted octanol–water partition coefficient (Wildman–Crippen LogP) is 4.87. The van der Waals surface area contributed by atoms with Gasteiger partial charge >= 0.3 is 0 Å². The van der Waals surface area contributed by atoms with Gasteiger partial charge in [0.15, 0.2) is 17.3 Å². The molecule has 20 heavy (non-hydrogen) atoms. The molecule has 1 N–H and O–H groups in total. The summed E-state index contributed by atoms with van der Waals surface area (Å²) in [6.45, 7) is 0. The van der Waals surface area contributed by atoms with Gasteiger partial charge in [-0.15, -0.1) is 0 Å². The van der Waals surface area contributed by atoms with E-state index < -0.39 is 27.9 Å². The Morgan fingerprint density at radius 1 is 1.25 bits per heavy atom. The summed E-state index contributed by atoms with van der Waals surface area (Å²) >= 11 is 7.98. The van der Waals surface area contributed by atoms with E-state index in [9.17, 15) is 18.9 Å². The van der Waals surface area contributed by atoms with E-state index in [4.69, 9.17) is 11.6 Å². The van der Waals surface area contributed by atoms with Gasteiger partial charge in [0.1, 0.15) is 0 Å². The summed E-state index contributed by atoms with van der Waals surface area (Å²) in [5.74, 6) is -2.51. The summed E-state index contributed by atoms with van der Waals surface area (Å²) in [4.78, 5) is 10.1. The quantitative estimate of drug-likeness (QED) is 0.446. The molecular weight excluding hydrogens is 404 g/mol. The molecule has 104 valence electrons. The molecule has 0 heterocycles. The van der Waals surface area contributed by atoms with Crippen LogP contribution in [0.4, 0.5) is 25.8 Å². The van der Waals surface area contributed by atoms with E-state index in [2.05, 4.69) is 5.32 Å². The average molecular weight is 411 g/mol. The first-order valence-corrected chi connectivity index (χ1v) is 6.70. The fourth-order valence-corrected chi connectivity index (χ4v) is 2.44. The van der Waals surface area contributed by atoms with Crippen LogP contribution in [0.25, 0.3) is 0 Å². The maximum absolute atomic E-state index is 13.7. The van der Waals surface area contributed by atoms with Crippen LogP contribution in [0.5, 0.6) is 0 Å². The van der Waals surface area contributed by atoms with Crippen molar-refractivity contribution in [1.82, 2.24) is 0 Å². The zero-order valence-electron chi connectivity index (χ0n) is 9.66. The lowest BCUT2D eigenvalue weighted by Gasteiger charge is -2.10. The Morgan fingerprint density at radius 2 is 1.95 bits per heavy atom. The number of hydrogen-bond donors (Lipinski definition) is 1. The van der Waals surface area contributed by atoms with Gasteiger partial charge in [0.2, 0.25) is 0 Å². The average Bonchev–Trinajstić information content (AvgIpc) is 2.37. The zero-order chi connectivity index (χ0) is 14.9. The Labute approximate surface area is 131 Å². The number of nitrogens with one attached hydrogen (secondary N) is 1. The first kappa shape index (κ1) is 14.9. The molecule has 0 spiro atoms. The van der Waals surface area contributed by atoms with E-state index in [1.807, 2.05) is 22.6 Å². The molecule has 0 saturated heterocycles. The molecule has 2 rings (SSSR count). The van der Waals surface area contributed by atoms with E-state index in [0.29, 0.717) is 6.07 Å².